The summed E-state index contributed by atoms with van der Waals surface area (Å²) in [6, 6.07) is 4.64. The Kier molecular flexibility index (Phi) is 6.45. The number of nitrogens with zero attached hydrogens (tertiary/aromatic N) is 1. The molecule has 8 heteroatoms. The highest BCUT2D eigenvalue weighted by atomic mass is 35.5. The summed E-state index contributed by atoms with van der Waals surface area (Å²) in [4.78, 5) is 15.9. The minimum Gasteiger partial charge on any atom is -0.506 e. The number of aliphatic hydroxyl groups excluding tert-OH is 1. The van der Waals surface area contributed by atoms with Crippen molar-refractivity contribution in [2.24, 2.45) is 4.99 Å². The summed E-state index contributed by atoms with van der Waals surface area (Å²) in [5, 5.41) is 10.0. The van der Waals surface area contributed by atoms with Gasteiger partial charge in [0.15, 0.2) is 11.6 Å². The number of Topliss-reactive ketones (excluding diaryl/α,β-unsaturated/α-hetero) is 1. The molecule has 3 nitrogen and oxygen atoms in total. The first-order valence-electron chi connectivity index (χ1n) is 7.35. The van der Waals surface area contributed by atoms with Crippen molar-refractivity contribution >= 4 is 46.6 Å². The van der Waals surface area contributed by atoms with Gasteiger partial charge in [-0.05, 0) is 24.3 Å². The number of allylic oxidation sites excluding steroid dienone is 1. The Labute approximate surface area is 157 Å². The van der Waals surface area contributed by atoms with Crippen molar-refractivity contribution < 1.29 is 23.1 Å². The summed E-state index contributed by atoms with van der Waals surface area (Å²) in [6.45, 7) is 1.53. The van der Waals surface area contributed by atoms with Gasteiger partial charge in [-0.25, -0.2) is 13.2 Å². The summed E-state index contributed by atoms with van der Waals surface area (Å²) in [5.74, 6) is -3.75. The van der Waals surface area contributed by atoms with Gasteiger partial charge in [0.05, 0.1) is 21.3 Å². The van der Waals surface area contributed by atoms with Crippen molar-refractivity contribution in [1.82, 2.24) is 0 Å². The van der Waals surface area contributed by atoms with Crippen LogP contribution < -0.4 is 0 Å². The van der Waals surface area contributed by atoms with Crippen molar-refractivity contribution in [2.75, 3.05) is 0 Å². The van der Waals surface area contributed by atoms with Crippen molar-refractivity contribution in [3.8, 4) is 0 Å². The highest BCUT2D eigenvalue weighted by molar-refractivity contribution is 6.36. The zero-order chi connectivity index (χ0) is 19.4. The molecule has 0 unspecified atom stereocenters. The Morgan fingerprint density at radius 2 is 1.81 bits per heavy atom. The first-order valence-corrected chi connectivity index (χ1v) is 8.10. The number of hydrogen-bond donors (Lipinski definition) is 1. The smallest absolute Gasteiger partial charge is 0.167 e. The van der Waals surface area contributed by atoms with E-state index in [1.54, 1.807) is 0 Å². The molecule has 0 aliphatic heterocycles. The first-order chi connectivity index (χ1) is 12.2. The second-order valence-electron chi connectivity index (χ2n) is 5.14. The molecule has 0 amide bonds. The van der Waals surface area contributed by atoms with Crippen LogP contribution in [-0.4, -0.2) is 17.1 Å². The van der Waals surface area contributed by atoms with Crippen LogP contribution in [0.25, 0.3) is 5.76 Å². The molecule has 26 heavy (non-hydrogen) atoms. The predicted molar refractivity (Wildman–Crippen MR) is 95.8 cm³/mol. The van der Waals surface area contributed by atoms with Gasteiger partial charge >= 0.3 is 0 Å². The standard InChI is InChI=1S/C18H12Cl2F3NO2/c1-2-17(25)11(8-24-16-4-3-9(21)5-15(16)23)18(26)10-6-14(22)13(20)7-12(10)19/h3-8,26H,2H2,1H3/b18-11-,24-8?. The number of carbonyl (C=O) groups is 1. The fraction of sp³-hybridized carbons (Fsp3) is 0.111. The minimum atomic E-state index is -0.945. The van der Waals surface area contributed by atoms with Gasteiger partial charge in [0, 0.05) is 24.3 Å². The summed E-state index contributed by atoms with van der Waals surface area (Å²) in [7, 11) is 0. The van der Waals surface area contributed by atoms with Crippen LogP contribution in [0.4, 0.5) is 18.9 Å². The molecular weight excluding hydrogens is 390 g/mol. The molecule has 0 radical (unpaired) electrons. The third-order valence-corrected chi connectivity index (χ3v) is 3.99. The second kappa shape index (κ2) is 8.38. The van der Waals surface area contributed by atoms with Crippen molar-refractivity contribution in [1.29, 1.82) is 0 Å². The number of ketones is 1. The highest BCUT2D eigenvalue weighted by Gasteiger charge is 2.18. The third kappa shape index (κ3) is 4.45. The van der Waals surface area contributed by atoms with Crippen LogP contribution >= 0.6 is 23.2 Å². The molecule has 136 valence electrons. The molecule has 2 aromatic rings. The fourth-order valence-electron chi connectivity index (χ4n) is 2.02. The number of rotatable bonds is 5. The Balaban J connectivity index is 2.56. The van der Waals surface area contributed by atoms with Crippen LogP contribution in [0, 0.1) is 17.5 Å². The minimum absolute atomic E-state index is 0.00892. The number of aliphatic imine (C=N–C) groups is 1. The molecule has 0 aliphatic rings. The van der Waals surface area contributed by atoms with Crippen LogP contribution in [0.3, 0.4) is 0 Å². The molecule has 0 aliphatic carbocycles. The molecule has 0 bridgehead atoms. The molecule has 0 saturated carbocycles. The average Bonchev–Trinajstić information content (AvgIpc) is 2.59. The van der Waals surface area contributed by atoms with E-state index in [1.807, 2.05) is 0 Å². The quantitative estimate of drug-likeness (QED) is 0.286. The highest BCUT2D eigenvalue weighted by Crippen LogP contribution is 2.30. The lowest BCUT2D eigenvalue weighted by Crippen LogP contribution is -2.06. The zero-order valence-electron chi connectivity index (χ0n) is 13.4. The summed E-state index contributed by atoms with van der Waals surface area (Å²) in [6.07, 6.45) is 0.908. The van der Waals surface area contributed by atoms with Crippen molar-refractivity contribution in [3.63, 3.8) is 0 Å². The summed E-state index contributed by atoms with van der Waals surface area (Å²) in [5.41, 5.74) is -0.717. The number of aliphatic hydroxyl groups is 1. The van der Waals surface area contributed by atoms with E-state index >= 15 is 0 Å². The predicted octanol–water partition coefficient (Wildman–Crippen LogP) is 6.06. The number of halogens is 5. The Morgan fingerprint density at radius 1 is 1.12 bits per heavy atom. The van der Waals surface area contributed by atoms with E-state index in [9.17, 15) is 23.1 Å². The molecule has 0 aromatic heterocycles. The van der Waals surface area contributed by atoms with Gasteiger partial charge in [0.1, 0.15) is 17.4 Å². The molecule has 2 rings (SSSR count). The monoisotopic (exact) mass is 401 g/mol. The normalized spacial score (nSPS) is 12.4. The van der Waals surface area contributed by atoms with E-state index in [2.05, 4.69) is 4.99 Å². The molecule has 2 aromatic carbocycles. The van der Waals surface area contributed by atoms with Gasteiger partial charge in [0.25, 0.3) is 0 Å². The van der Waals surface area contributed by atoms with E-state index < -0.39 is 29.0 Å². The van der Waals surface area contributed by atoms with E-state index in [0.717, 1.165) is 30.5 Å². The van der Waals surface area contributed by atoms with Crippen LogP contribution in [0.15, 0.2) is 40.9 Å². The maximum Gasteiger partial charge on any atom is 0.167 e. The fourth-order valence-corrected chi connectivity index (χ4v) is 2.50. The van der Waals surface area contributed by atoms with Crippen LogP contribution in [0.2, 0.25) is 10.0 Å². The maximum atomic E-state index is 13.7. The number of carbonyl (C=O) groups excluding carboxylic acids is 1. The molecule has 0 fully saturated rings. The van der Waals surface area contributed by atoms with Crippen molar-refractivity contribution in [2.45, 2.75) is 13.3 Å². The van der Waals surface area contributed by atoms with Gasteiger partial charge in [-0.15, -0.1) is 0 Å². The SMILES string of the molecule is CCC(=O)/C(C=Nc1ccc(F)cc1F)=C(\O)c1cc(F)c(Cl)cc1Cl. The van der Waals surface area contributed by atoms with E-state index in [1.165, 1.54) is 6.92 Å². The van der Waals surface area contributed by atoms with Gasteiger partial charge in [-0.1, -0.05) is 30.1 Å². The van der Waals surface area contributed by atoms with Crippen LogP contribution in [0.1, 0.15) is 18.9 Å². The maximum absolute atomic E-state index is 13.7. The Hall–Kier alpha value is -2.31. The summed E-state index contributed by atoms with van der Waals surface area (Å²) < 4.78 is 40.3. The average molecular weight is 402 g/mol. The van der Waals surface area contributed by atoms with Gasteiger partial charge in [-0.2, -0.15) is 0 Å². The van der Waals surface area contributed by atoms with Gasteiger partial charge < -0.3 is 5.11 Å². The van der Waals surface area contributed by atoms with E-state index in [4.69, 9.17) is 23.2 Å². The zero-order valence-corrected chi connectivity index (χ0v) is 14.9. The Morgan fingerprint density at radius 3 is 2.42 bits per heavy atom. The lowest BCUT2D eigenvalue weighted by molar-refractivity contribution is -0.114. The van der Waals surface area contributed by atoms with Crippen LogP contribution in [0.5, 0.6) is 0 Å². The molecule has 0 saturated heterocycles. The van der Waals surface area contributed by atoms with E-state index in [-0.39, 0.29) is 33.3 Å². The number of benzene rings is 2. The van der Waals surface area contributed by atoms with Gasteiger partial charge in [0.2, 0.25) is 0 Å². The second-order valence-corrected chi connectivity index (χ2v) is 5.95. The molecule has 0 spiro atoms. The largest absolute Gasteiger partial charge is 0.506 e. The molecule has 0 heterocycles. The lowest BCUT2D eigenvalue weighted by Gasteiger charge is -2.09. The lowest BCUT2D eigenvalue weighted by atomic mass is 10.0. The molecule has 0 atom stereocenters. The Bertz CT molecular complexity index is 927. The summed E-state index contributed by atoms with van der Waals surface area (Å²) >= 11 is 11.6. The topological polar surface area (TPSA) is 49.7 Å². The van der Waals surface area contributed by atoms with Crippen LogP contribution in [-0.2, 0) is 4.79 Å². The third-order valence-electron chi connectivity index (χ3n) is 3.38. The number of hydrogen-bond acceptors (Lipinski definition) is 3. The molecule has 1 N–H and O–H groups in total. The van der Waals surface area contributed by atoms with E-state index in [0.29, 0.717) is 6.07 Å². The first kappa shape index (κ1) is 20.0. The van der Waals surface area contributed by atoms with Crippen molar-refractivity contribution in [3.05, 3.63) is 69.0 Å². The molecular formula is C18H12Cl2F3NO2. The van der Waals surface area contributed by atoms with Gasteiger partial charge in [-0.3, -0.25) is 9.79 Å².